The van der Waals surface area contributed by atoms with E-state index in [2.05, 4.69) is 16.5 Å². The molecule has 0 aliphatic carbocycles. The topological polar surface area (TPSA) is 58.6 Å². The minimum atomic E-state index is -3.25. The lowest BCUT2D eigenvalue weighted by molar-refractivity contribution is 0.175. The van der Waals surface area contributed by atoms with E-state index < -0.39 is 10.0 Å². The highest BCUT2D eigenvalue weighted by atomic mass is 32.2. The van der Waals surface area contributed by atoms with Crippen molar-refractivity contribution in [2.45, 2.75) is 38.6 Å². The summed E-state index contributed by atoms with van der Waals surface area (Å²) in [6.07, 6.45) is 4.21. The van der Waals surface area contributed by atoms with Crippen LogP contribution in [0.15, 0.2) is 24.3 Å². The number of ether oxygens (including phenoxy) is 1. The van der Waals surface area contributed by atoms with Crippen molar-refractivity contribution in [1.82, 2.24) is 9.62 Å². The van der Waals surface area contributed by atoms with Crippen LogP contribution in [0.1, 0.15) is 31.7 Å². The Morgan fingerprint density at radius 1 is 1.26 bits per heavy atom. The number of methoxy groups -OCH3 is 1. The lowest BCUT2D eigenvalue weighted by Gasteiger charge is -2.32. The molecular formula is C17H28N2O3S. The van der Waals surface area contributed by atoms with Crippen LogP contribution in [0.4, 0.5) is 0 Å². The van der Waals surface area contributed by atoms with Gasteiger partial charge in [0.15, 0.2) is 0 Å². The number of piperidine rings is 1. The Morgan fingerprint density at radius 3 is 2.70 bits per heavy atom. The summed E-state index contributed by atoms with van der Waals surface area (Å²) in [5, 5.41) is 0. The molecule has 1 aliphatic rings. The van der Waals surface area contributed by atoms with Crippen LogP contribution in [0.25, 0.3) is 0 Å². The van der Waals surface area contributed by atoms with E-state index >= 15 is 0 Å². The molecule has 0 amide bonds. The predicted octanol–water partition coefficient (Wildman–Crippen LogP) is 2.03. The number of sulfonamides is 1. The van der Waals surface area contributed by atoms with Crippen LogP contribution < -0.4 is 9.46 Å². The van der Waals surface area contributed by atoms with Crippen molar-refractivity contribution in [3.05, 3.63) is 29.8 Å². The third kappa shape index (κ3) is 6.12. The molecule has 5 nitrogen and oxygen atoms in total. The SMILES string of the molecule is COc1cccc(CCS(=O)(=O)NCC(C)N2CCCCC2)c1. The van der Waals surface area contributed by atoms with Crippen molar-refractivity contribution >= 4 is 10.0 Å². The summed E-state index contributed by atoms with van der Waals surface area (Å²) >= 11 is 0. The molecule has 1 atom stereocenters. The largest absolute Gasteiger partial charge is 0.497 e. The lowest BCUT2D eigenvalue weighted by atomic mass is 10.1. The summed E-state index contributed by atoms with van der Waals surface area (Å²) in [6, 6.07) is 7.80. The van der Waals surface area contributed by atoms with E-state index in [1.807, 2.05) is 24.3 Å². The standard InChI is InChI=1S/C17H28N2O3S/c1-15(19-10-4-3-5-11-19)14-18-23(20,21)12-9-16-7-6-8-17(13-16)22-2/h6-8,13,15,18H,3-5,9-12,14H2,1-2H3. The minimum absolute atomic E-state index is 0.104. The van der Waals surface area contributed by atoms with Gasteiger partial charge < -0.3 is 4.74 Å². The molecule has 0 radical (unpaired) electrons. The van der Waals surface area contributed by atoms with Gasteiger partial charge in [0, 0.05) is 12.6 Å². The van der Waals surface area contributed by atoms with Crippen molar-refractivity contribution in [2.24, 2.45) is 0 Å². The Labute approximate surface area is 140 Å². The van der Waals surface area contributed by atoms with E-state index in [1.54, 1.807) is 7.11 Å². The molecule has 1 saturated heterocycles. The molecule has 23 heavy (non-hydrogen) atoms. The van der Waals surface area contributed by atoms with Crippen molar-refractivity contribution in [2.75, 3.05) is 32.5 Å². The van der Waals surface area contributed by atoms with Crippen molar-refractivity contribution in [1.29, 1.82) is 0 Å². The molecule has 1 unspecified atom stereocenters. The van der Waals surface area contributed by atoms with Gasteiger partial charge in [0.05, 0.1) is 12.9 Å². The summed E-state index contributed by atoms with van der Waals surface area (Å²) in [6.45, 7) is 4.73. The van der Waals surface area contributed by atoms with E-state index in [-0.39, 0.29) is 11.8 Å². The second kappa shape index (κ2) is 8.66. The van der Waals surface area contributed by atoms with Crippen molar-refractivity contribution in [3.8, 4) is 5.75 Å². The monoisotopic (exact) mass is 340 g/mol. The molecule has 130 valence electrons. The highest BCUT2D eigenvalue weighted by Crippen LogP contribution is 2.14. The Morgan fingerprint density at radius 2 is 2.00 bits per heavy atom. The van der Waals surface area contributed by atoms with Gasteiger partial charge in [0.25, 0.3) is 0 Å². The number of likely N-dealkylation sites (tertiary alicyclic amines) is 1. The fourth-order valence-corrected chi connectivity index (χ4v) is 4.03. The molecule has 1 aromatic rings. The normalized spacial score (nSPS) is 17.8. The van der Waals surface area contributed by atoms with Gasteiger partial charge in [-0.05, 0) is 57.0 Å². The second-order valence-electron chi connectivity index (χ2n) is 6.21. The fourth-order valence-electron chi connectivity index (χ4n) is 2.89. The van der Waals surface area contributed by atoms with Crippen LogP contribution in [-0.2, 0) is 16.4 Å². The maximum Gasteiger partial charge on any atom is 0.211 e. The van der Waals surface area contributed by atoms with E-state index in [0.29, 0.717) is 13.0 Å². The first-order valence-electron chi connectivity index (χ1n) is 8.34. The molecule has 1 aromatic carbocycles. The summed E-state index contributed by atoms with van der Waals surface area (Å²) in [5.74, 6) is 0.860. The molecular weight excluding hydrogens is 312 g/mol. The third-order valence-electron chi connectivity index (χ3n) is 4.41. The molecule has 0 spiro atoms. The Kier molecular flexibility index (Phi) is 6.87. The first-order valence-corrected chi connectivity index (χ1v) is 10.00. The average molecular weight is 340 g/mol. The summed E-state index contributed by atoms with van der Waals surface area (Å²) in [7, 11) is -1.64. The zero-order chi connectivity index (χ0) is 16.7. The Bertz CT molecular complexity index is 583. The summed E-state index contributed by atoms with van der Waals surface area (Å²) in [5.41, 5.74) is 0.971. The quantitative estimate of drug-likeness (QED) is 0.787. The van der Waals surface area contributed by atoms with Crippen molar-refractivity contribution < 1.29 is 13.2 Å². The summed E-state index contributed by atoms with van der Waals surface area (Å²) in [4.78, 5) is 2.37. The van der Waals surface area contributed by atoms with Gasteiger partial charge in [-0.2, -0.15) is 0 Å². The minimum Gasteiger partial charge on any atom is -0.497 e. The van der Waals surface area contributed by atoms with Crippen molar-refractivity contribution in [3.63, 3.8) is 0 Å². The molecule has 1 fully saturated rings. The highest BCUT2D eigenvalue weighted by Gasteiger charge is 2.19. The number of hydrogen-bond acceptors (Lipinski definition) is 4. The molecule has 2 rings (SSSR count). The van der Waals surface area contributed by atoms with E-state index in [4.69, 9.17) is 4.74 Å². The number of nitrogens with one attached hydrogen (secondary N) is 1. The third-order valence-corrected chi connectivity index (χ3v) is 5.75. The van der Waals surface area contributed by atoms with Crippen LogP contribution in [0, 0.1) is 0 Å². The van der Waals surface area contributed by atoms with E-state index in [1.165, 1.54) is 19.3 Å². The van der Waals surface area contributed by atoms with Gasteiger partial charge in [-0.15, -0.1) is 0 Å². The van der Waals surface area contributed by atoms with Crippen LogP contribution in [0.2, 0.25) is 0 Å². The van der Waals surface area contributed by atoms with E-state index in [9.17, 15) is 8.42 Å². The number of aryl methyl sites for hydroxylation is 1. The van der Waals surface area contributed by atoms with Crippen LogP contribution in [-0.4, -0.2) is 51.9 Å². The van der Waals surface area contributed by atoms with Crippen LogP contribution in [0.3, 0.4) is 0 Å². The molecule has 6 heteroatoms. The molecule has 0 saturated carbocycles. The fraction of sp³-hybridized carbons (Fsp3) is 0.647. The molecule has 1 heterocycles. The summed E-state index contributed by atoms with van der Waals surface area (Å²) < 4.78 is 32.3. The number of nitrogens with zero attached hydrogens (tertiary/aromatic N) is 1. The molecule has 0 aromatic heterocycles. The van der Waals surface area contributed by atoms with Crippen LogP contribution in [0.5, 0.6) is 5.75 Å². The number of hydrogen-bond donors (Lipinski definition) is 1. The predicted molar refractivity (Wildman–Crippen MR) is 93.4 cm³/mol. The first-order chi connectivity index (χ1) is 11.0. The van der Waals surface area contributed by atoms with Gasteiger partial charge >= 0.3 is 0 Å². The van der Waals surface area contributed by atoms with Gasteiger partial charge in [-0.3, -0.25) is 4.90 Å². The smallest absolute Gasteiger partial charge is 0.211 e. The number of benzene rings is 1. The molecule has 1 N–H and O–H groups in total. The molecule has 0 bridgehead atoms. The van der Waals surface area contributed by atoms with Gasteiger partial charge in [-0.25, -0.2) is 13.1 Å². The zero-order valence-corrected chi connectivity index (χ0v) is 14.9. The highest BCUT2D eigenvalue weighted by molar-refractivity contribution is 7.89. The number of rotatable bonds is 8. The maximum absolute atomic E-state index is 12.2. The average Bonchev–Trinajstić information content (AvgIpc) is 2.59. The van der Waals surface area contributed by atoms with Gasteiger partial charge in [0.2, 0.25) is 10.0 Å². The van der Waals surface area contributed by atoms with Crippen LogP contribution >= 0.6 is 0 Å². The first kappa shape index (κ1) is 18.2. The van der Waals surface area contributed by atoms with Gasteiger partial charge in [-0.1, -0.05) is 18.6 Å². The molecule has 1 aliphatic heterocycles. The Hall–Kier alpha value is -1.11. The lowest BCUT2D eigenvalue weighted by Crippen LogP contribution is -2.44. The van der Waals surface area contributed by atoms with E-state index in [0.717, 1.165) is 24.4 Å². The van der Waals surface area contributed by atoms with Gasteiger partial charge in [0.1, 0.15) is 5.75 Å². The maximum atomic E-state index is 12.2. The Balaban J connectivity index is 1.79. The second-order valence-corrected chi connectivity index (χ2v) is 8.14. The zero-order valence-electron chi connectivity index (χ0n) is 14.1.